The molecule has 6 nitrogen and oxygen atoms in total. The number of nitrogens with one attached hydrogen (secondary N) is 1. The zero-order chi connectivity index (χ0) is 17.5. The number of likely N-dealkylation sites (tertiary alicyclic amines) is 1. The first-order valence-corrected chi connectivity index (χ1v) is 9.06. The Balaban J connectivity index is 1.37. The molecule has 0 saturated carbocycles. The van der Waals surface area contributed by atoms with E-state index in [1.807, 2.05) is 36.5 Å². The Morgan fingerprint density at radius 2 is 2.04 bits per heavy atom. The van der Waals surface area contributed by atoms with Crippen molar-refractivity contribution in [1.29, 1.82) is 0 Å². The normalized spacial score (nSPS) is 23.8. The van der Waals surface area contributed by atoms with Gasteiger partial charge in [0.1, 0.15) is 18.3 Å². The van der Waals surface area contributed by atoms with Crippen LogP contribution in [0.15, 0.2) is 53.9 Å². The molecule has 1 aromatic carbocycles. The highest BCUT2D eigenvalue weighted by Crippen LogP contribution is 2.32. The molecule has 0 aliphatic carbocycles. The van der Waals surface area contributed by atoms with Crippen molar-refractivity contribution in [3.63, 3.8) is 0 Å². The molecule has 4 heterocycles. The second-order valence-corrected chi connectivity index (χ2v) is 7.09. The maximum atomic E-state index is 6.49. The number of hydrogen-bond donors (Lipinski definition) is 1. The van der Waals surface area contributed by atoms with Crippen molar-refractivity contribution in [2.45, 2.75) is 17.5 Å². The average molecular weight is 365 g/mol. The number of allylic oxidation sites excluding steroid dienone is 1. The molecular formula is C19H17ClN6. The fourth-order valence-corrected chi connectivity index (χ4v) is 3.74. The molecule has 1 fully saturated rings. The monoisotopic (exact) mass is 364 g/mol. The summed E-state index contributed by atoms with van der Waals surface area (Å²) in [4.78, 5) is 23.3. The summed E-state index contributed by atoms with van der Waals surface area (Å²) in [5, 5.41) is -0.272. The highest BCUT2D eigenvalue weighted by molar-refractivity contribution is 6.34. The summed E-state index contributed by atoms with van der Waals surface area (Å²) in [6.07, 6.45) is 7.32. The highest BCUT2D eigenvalue weighted by Gasteiger charge is 2.35. The van der Waals surface area contributed by atoms with Gasteiger partial charge in [-0.3, -0.25) is 9.89 Å². The fraction of sp³-hybridized carbons (Fsp3) is 0.263. The van der Waals surface area contributed by atoms with Gasteiger partial charge in [0.05, 0.1) is 16.4 Å². The number of halogens is 1. The van der Waals surface area contributed by atoms with Gasteiger partial charge >= 0.3 is 0 Å². The Kier molecular flexibility index (Phi) is 3.80. The van der Waals surface area contributed by atoms with Crippen LogP contribution in [0.3, 0.4) is 0 Å². The Bertz CT molecular complexity index is 956. The molecular weight excluding hydrogens is 348 g/mol. The van der Waals surface area contributed by atoms with Gasteiger partial charge in [-0.15, -0.1) is 11.6 Å². The van der Waals surface area contributed by atoms with Crippen LogP contribution < -0.4 is 0 Å². The SMILES string of the molecule is ClC1C=NC(N2CC(c3ccncn3)C2)C=C1c1nc2ccccc2[nH]1. The third kappa shape index (κ3) is 2.71. The Hall–Kier alpha value is -2.57. The van der Waals surface area contributed by atoms with Gasteiger partial charge < -0.3 is 4.98 Å². The van der Waals surface area contributed by atoms with Crippen molar-refractivity contribution in [2.75, 3.05) is 13.1 Å². The van der Waals surface area contributed by atoms with Gasteiger partial charge in [-0.05, 0) is 24.3 Å². The van der Waals surface area contributed by atoms with E-state index in [0.717, 1.165) is 41.2 Å². The first-order chi connectivity index (χ1) is 12.8. The predicted octanol–water partition coefficient (Wildman–Crippen LogP) is 2.85. The number of nitrogens with zero attached hydrogens (tertiary/aromatic N) is 5. The van der Waals surface area contributed by atoms with Crippen molar-refractivity contribution in [2.24, 2.45) is 4.99 Å². The minimum absolute atomic E-state index is 0.00806. The minimum Gasteiger partial charge on any atom is -0.338 e. The molecule has 26 heavy (non-hydrogen) atoms. The van der Waals surface area contributed by atoms with Crippen molar-refractivity contribution in [3.8, 4) is 0 Å². The lowest BCUT2D eigenvalue weighted by Crippen LogP contribution is -2.50. The number of imidazole rings is 1. The highest BCUT2D eigenvalue weighted by atomic mass is 35.5. The Morgan fingerprint density at radius 3 is 2.85 bits per heavy atom. The molecule has 1 N–H and O–H groups in total. The molecule has 0 bridgehead atoms. The summed E-state index contributed by atoms with van der Waals surface area (Å²) in [7, 11) is 0. The molecule has 7 heteroatoms. The van der Waals surface area contributed by atoms with Crippen LogP contribution in [0.25, 0.3) is 16.6 Å². The standard InChI is InChI=1S/C19H17ClN6/c20-14-8-22-18(26-9-12(10-26)15-5-6-21-11-23-15)7-13(14)19-24-16-3-1-2-4-17(16)25-19/h1-8,11-12,14,18H,9-10H2,(H,24,25). The molecule has 3 aromatic rings. The van der Waals surface area contributed by atoms with Crippen LogP contribution in [0, 0.1) is 0 Å². The molecule has 2 aliphatic heterocycles. The fourth-order valence-electron chi connectivity index (χ4n) is 3.50. The van der Waals surface area contributed by atoms with E-state index in [9.17, 15) is 0 Å². The number of hydrogen-bond acceptors (Lipinski definition) is 5. The minimum atomic E-state index is -0.272. The summed E-state index contributed by atoms with van der Waals surface area (Å²) in [6.45, 7) is 1.85. The van der Waals surface area contributed by atoms with Crippen molar-refractivity contribution in [3.05, 3.63) is 60.5 Å². The number of fused-ring (bicyclic) bond motifs is 1. The Morgan fingerprint density at radius 1 is 1.15 bits per heavy atom. The number of para-hydroxylation sites is 2. The van der Waals surface area contributed by atoms with Crippen LogP contribution in [0.4, 0.5) is 0 Å². The molecule has 2 atom stereocenters. The van der Waals surface area contributed by atoms with E-state index in [-0.39, 0.29) is 11.5 Å². The molecule has 2 unspecified atom stereocenters. The average Bonchev–Trinajstić information content (AvgIpc) is 3.06. The second-order valence-electron chi connectivity index (χ2n) is 6.62. The van der Waals surface area contributed by atoms with Crippen molar-refractivity contribution < 1.29 is 0 Å². The van der Waals surface area contributed by atoms with Gasteiger partial charge in [-0.2, -0.15) is 0 Å². The number of aromatic nitrogens is 4. The van der Waals surface area contributed by atoms with Gasteiger partial charge in [-0.25, -0.2) is 15.0 Å². The summed E-state index contributed by atoms with van der Waals surface area (Å²) in [5.74, 6) is 1.25. The number of rotatable bonds is 3. The van der Waals surface area contributed by atoms with Gasteiger partial charge in [0.15, 0.2) is 0 Å². The molecule has 1 saturated heterocycles. The van der Waals surface area contributed by atoms with Gasteiger partial charge in [-0.1, -0.05) is 12.1 Å². The van der Waals surface area contributed by atoms with Gasteiger partial charge in [0.2, 0.25) is 0 Å². The zero-order valence-corrected chi connectivity index (χ0v) is 14.7. The van der Waals surface area contributed by atoms with E-state index in [1.165, 1.54) is 0 Å². The first-order valence-electron chi connectivity index (χ1n) is 8.62. The molecule has 0 spiro atoms. The van der Waals surface area contributed by atoms with Gasteiger partial charge in [0.25, 0.3) is 0 Å². The van der Waals surface area contributed by atoms with E-state index in [1.54, 1.807) is 12.5 Å². The van der Waals surface area contributed by atoms with E-state index in [2.05, 4.69) is 35.9 Å². The number of aromatic amines is 1. The van der Waals surface area contributed by atoms with Crippen LogP contribution in [0.1, 0.15) is 17.4 Å². The maximum absolute atomic E-state index is 6.49. The summed E-state index contributed by atoms with van der Waals surface area (Å²) in [5.41, 5.74) is 4.03. The van der Waals surface area contributed by atoms with Crippen LogP contribution in [-0.4, -0.2) is 55.7 Å². The molecule has 2 aliphatic rings. The van der Waals surface area contributed by atoms with E-state index >= 15 is 0 Å². The third-order valence-electron chi connectivity index (χ3n) is 4.97. The van der Waals surface area contributed by atoms with Crippen LogP contribution in [0.2, 0.25) is 0 Å². The Labute approximate surface area is 155 Å². The number of alkyl halides is 1. The number of benzene rings is 1. The lowest BCUT2D eigenvalue weighted by molar-refractivity contribution is 0.116. The second kappa shape index (κ2) is 6.30. The quantitative estimate of drug-likeness (QED) is 0.725. The van der Waals surface area contributed by atoms with Crippen molar-refractivity contribution >= 4 is 34.4 Å². The van der Waals surface area contributed by atoms with Crippen LogP contribution in [0.5, 0.6) is 0 Å². The predicted molar refractivity (Wildman–Crippen MR) is 102 cm³/mol. The smallest absolute Gasteiger partial charge is 0.136 e. The first kappa shape index (κ1) is 15.7. The number of H-pyrrole nitrogens is 1. The van der Waals surface area contributed by atoms with Crippen LogP contribution in [-0.2, 0) is 0 Å². The van der Waals surface area contributed by atoms with E-state index in [0.29, 0.717) is 5.92 Å². The van der Waals surface area contributed by atoms with E-state index in [4.69, 9.17) is 11.6 Å². The lowest BCUT2D eigenvalue weighted by Gasteiger charge is -2.42. The largest absolute Gasteiger partial charge is 0.338 e. The summed E-state index contributed by atoms with van der Waals surface area (Å²) < 4.78 is 0. The molecule has 2 aromatic heterocycles. The van der Waals surface area contributed by atoms with Gasteiger partial charge in [0, 0.05) is 42.7 Å². The van der Waals surface area contributed by atoms with Crippen LogP contribution >= 0.6 is 11.6 Å². The topological polar surface area (TPSA) is 70.1 Å². The lowest BCUT2D eigenvalue weighted by atomic mass is 9.94. The summed E-state index contributed by atoms with van der Waals surface area (Å²) in [6, 6.07) is 9.98. The van der Waals surface area contributed by atoms with E-state index < -0.39 is 0 Å². The molecule has 130 valence electrons. The maximum Gasteiger partial charge on any atom is 0.136 e. The third-order valence-corrected chi connectivity index (χ3v) is 5.31. The zero-order valence-electron chi connectivity index (χ0n) is 14.0. The summed E-state index contributed by atoms with van der Waals surface area (Å²) >= 11 is 6.49. The molecule has 0 amide bonds. The van der Waals surface area contributed by atoms with Crippen molar-refractivity contribution in [1.82, 2.24) is 24.8 Å². The number of dihydropyridines is 1. The molecule has 0 radical (unpaired) electrons. The number of aliphatic imine (C=N–C) groups is 1. The molecule has 5 rings (SSSR count).